The minimum absolute atomic E-state index is 0.138. The summed E-state index contributed by atoms with van der Waals surface area (Å²) in [6, 6.07) is 5.91. The Balaban J connectivity index is 2.14. The van der Waals surface area contributed by atoms with Gasteiger partial charge in [0.25, 0.3) is 0 Å². The van der Waals surface area contributed by atoms with Gasteiger partial charge in [0.2, 0.25) is 0 Å². The van der Waals surface area contributed by atoms with Crippen LogP contribution in [0.4, 0.5) is 4.79 Å². The van der Waals surface area contributed by atoms with Crippen LogP contribution >= 0.6 is 11.9 Å². The molecule has 2 rings (SSSR count). The molecular weight excluding hydrogens is 308 g/mol. The van der Waals surface area contributed by atoms with Crippen LogP contribution in [0.15, 0.2) is 29.2 Å². The lowest BCUT2D eigenvalue weighted by atomic mass is 10.0. The SMILES string of the molecule is C[C@@H](NC(=O)OC(C)(C)C)c1ccc(SN)cc1/C=C/C1CC1. The Labute approximate surface area is 143 Å². The van der Waals surface area contributed by atoms with E-state index in [4.69, 9.17) is 9.88 Å². The Morgan fingerprint density at radius 1 is 1.43 bits per heavy atom. The molecule has 0 spiro atoms. The van der Waals surface area contributed by atoms with E-state index in [1.165, 1.54) is 24.8 Å². The molecule has 3 N–H and O–H groups in total. The third kappa shape index (κ3) is 5.92. The predicted octanol–water partition coefficient (Wildman–Crippen LogP) is 4.66. The number of hydrogen-bond donors (Lipinski definition) is 2. The summed E-state index contributed by atoms with van der Waals surface area (Å²) >= 11 is 1.23. The topological polar surface area (TPSA) is 64.3 Å². The summed E-state index contributed by atoms with van der Waals surface area (Å²) in [5.41, 5.74) is 1.65. The number of alkyl carbamates (subject to hydrolysis) is 1. The number of nitrogens with two attached hydrogens (primary N) is 1. The van der Waals surface area contributed by atoms with Crippen molar-refractivity contribution in [3.8, 4) is 0 Å². The average Bonchev–Trinajstić information content (AvgIpc) is 3.26. The van der Waals surface area contributed by atoms with Crippen molar-refractivity contribution in [1.82, 2.24) is 5.32 Å². The second kappa shape index (κ2) is 7.41. The number of amides is 1. The van der Waals surface area contributed by atoms with Crippen LogP contribution in [0.25, 0.3) is 6.08 Å². The van der Waals surface area contributed by atoms with Crippen LogP contribution in [0.5, 0.6) is 0 Å². The lowest BCUT2D eigenvalue weighted by molar-refractivity contribution is 0.0508. The van der Waals surface area contributed by atoms with Crippen LogP contribution < -0.4 is 10.5 Å². The molecule has 5 heteroatoms. The Kier molecular flexibility index (Phi) is 5.76. The molecule has 0 bridgehead atoms. The van der Waals surface area contributed by atoms with E-state index >= 15 is 0 Å². The highest BCUT2D eigenvalue weighted by Gasteiger charge is 2.20. The molecule has 1 amide bonds. The summed E-state index contributed by atoms with van der Waals surface area (Å²) in [6.45, 7) is 7.53. The fourth-order valence-corrected chi connectivity index (χ4v) is 2.60. The molecule has 1 aromatic rings. The van der Waals surface area contributed by atoms with E-state index in [9.17, 15) is 4.79 Å². The molecule has 1 aliphatic rings. The van der Waals surface area contributed by atoms with Crippen LogP contribution in [0.3, 0.4) is 0 Å². The molecule has 1 aromatic carbocycles. The Morgan fingerprint density at radius 3 is 2.70 bits per heavy atom. The molecule has 1 atom stereocenters. The van der Waals surface area contributed by atoms with E-state index in [2.05, 4.69) is 23.5 Å². The van der Waals surface area contributed by atoms with E-state index in [1.54, 1.807) is 0 Å². The number of allylic oxidation sites excluding steroid dienone is 1. The lowest BCUT2D eigenvalue weighted by Gasteiger charge is -2.23. The number of carbonyl (C=O) groups excluding carboxylic acids is 1. The largest absolute Gasteiger partial charge is 0.444 e. The van der Waals surface area contributed by atoms with Gasteiger partial charge >= 0.3 is 6.09 Å². The highest BCUT2D eigenvalue weighted by molar-refractivity contribution is 7.97. The van der Waals surface area contributed by atoms with Gasteiger partial charge < -0.3 is 10.1 Å². The molecule has 0 radical (unpaired) electrons. The van der Waals surface area contributed by atoms with E-state index in [0.717, 1.165) is 16.0 Å². The molecule has 1 saturated carbocycles. The highest BCUT2D eigenvalue weighted by atomic mass is 32.2. The Hall–Kier alpha value is -1.46. The first-order chi connectivity index (χ1) is 10.8. The first-order valence-corrected chi connectivity index (χ1v) is 8.85. The van der Waals surface area contributed by atoms with Crippen molar-refractivity contribution < 1.29 is 9.53 Å². The molecule has 126 valence electrons. The van der Waals surface area contributed by atoms with Crippen LogP contribution in [0.2, 0.25) is 0 Å². The van der Waals surface area contributed by atoms with Gasteiger partial charge in [0.05, 0.1) is 6.04 Å². The van der Waals surface area contributed by atoms with Crippen molar-refractivity contribution in [3.63, 3.8) is 0 Å². The fourth-order valence-electron chi connectivity index (χ4n) is 2.26. The van der Waals surface area contributed by atoms with E-state index in [-0.39, 0.29) is 6.04 Å². The number of nitrogens with one attached hydrogen (secondary N) is 1. The molecule has 0 aliphatic heterocycles. The number of hydrogen-bond acceptors (Lipinski definition) is 4. The summed E-state index contributed by atoms with van der Waals surface area (Å²) in [4.78, 5) is 13.0. The van der Waals surface area contributed by atoms with Gasteiger partial charge in [-0.15, -0.1) is 0 Å². The maximum absolute atomic E-state index is 12.0. The van der Waals surface area contributed by atoms with Gasteiger partial charge in [-0.05, 0) is 81.7 Å². The lowest BCUT2D eigenvalue weighted by Crippen LogP contribution is -2.34. The fraction of sp³-hybridized carbons (Fsp3) is 0.500. The summed E-state index contributed by atoms with van der Waals surface area (Å²) in [5.74, 6) is 0.700. The van der Waals surface area contributed by atoms with Gasteiger partial charge in [-0.25, -0.2) is 4.79 Å². The van der Waals surface area contributed by atoms with Gasteiger partial charge in [0.15, 0.2) is 0 Å². The monoisotopic (exact) mass is 334 g/mol. The van der Waals surface area contributed by atoms with E-state index < -0.39 is 11.7 Å². The molecular formula is C18H26N2O2S. The Bertz CT molecular complexity index is 589. The van der Waals surface area contributed by atoms with Crippen LogP contribution in [-0.2, 0) is 4.74 Å². The molecule has 0 unspecified atom stereocenters. The molecule has 23 heavy (non-hydrogen) atoms. The number of ether oxygens (including phenoxy) is 1. The molecule has 0 aromatic heterocycles. The zero-order valence-corrected chi connectivity index (χ0v) is 15.1. The van der Waals surface area contributed by atoms with Crippen LogP contribution in [0.1, 0.15) is 57.7 Å². The van der Waals surface area contributed by atoms with Crippen molar-refractivity contribution in [2.24, 2.45) is 11.1 Å². The highest BCUT2D eigenvalue weighted by Crippen LogP contribution is 2.32. The minimum atomic E-state index is -0.501. The predicted molar refractivity (Wildman–Crippen MR) is 96.0 cm³/mol. The molecule has 0 saturated heterocycles. The smallest absolute Gasteiger partial charge is 0.408 e. The number of carbonyl (C=O) groups is 1. The van der Waals surface area contributed by atoms with Gasteiger partial charge in [-0.3, -0.25) is 5.14 Å². The third-order valence-electron chi connectivity index (χ3n) is 3.56. The van der Waals surface area contributed by atoms with Gasteiger partial charge in [0, 0.05) is 4.90 Å². The van der Waals surface area contributed by atoms with Crippen LogP contribution in [-0.4, -0.2) is 11.7 Å². The standard InChI is InChI=1S/C18H26N2O2S/c1-12(20-17(21)22-18(2,3)4)16-10-9-15(23-19)11-14(16)8-7-13-5-6-13/h7-13H,5-6,19H2,1-4H3,(H,20,21)/b8-7+/t12-/m1/s1. The number of rotatable bonds is 5. The quantitative estimate of drug-likeness (QED) is 0.769. The van der Waals surface area contributed by atoms with Crippen molar-refractivity contribution >= 4 is 24.1 Å². The van der Waals surface area contributed by atoms with E-state index in [1.807, 2.05) is 39.8 Å². The van der Waals surface area contributed by atoms with E-state index in [0.29, 0.717) is 5.92 Å². The van der Waals surface area contributed by atoms with Crippen molar-refractivity contribution in [2.75, 3.05) is 0 Å². The average molecular weight is 334 g/mol. The zero-order chi connectivity index (χ0) is 17.0. The second-order valence-electron chi connectivity index (χ2n) is 6.97. The molecule has 1 fully saturated rings. The summed E-state index contributed by atoms with van der Waals surface area (Å²) in [5, 5.41) is 8.57. The van der Waals surface area contributed by atoms with Gasteiger partial charge in [-0.2, -0.15) is 0 Å². The maximum atomic E-state index is 12.0. The van der Waals surface area contributed by atoms with Crippen molar-refractivity contribution in [3.05, 3.63) is 35.4 Å². The number of benzene rings is 1. The van der Waals surface area contributed by atoms with Crippen molar-refractivity contribution in [2.45, 2.75) is 57.1 Å². The van der Waals surface area contributed by atoms with Crippen LogP contribution in [0, 0.1) is 5.92 Å². The van der Waals surface area contributed by atoms with Gasteiger partial charge in [-0.1, -0.05) is 18.2 Å². The summed E-state index contributed by atoms with van der Waals surface area (Å²) in [6.07, 6.45) is 6.51. The van der Waals surface area contributed by atoms with Gasteiger partial charge in [0.1, 0.15) is 5.60 Å². The Morgan fingerprint density at radius 2 is 2.13 bits per heavy atom. The maximum Gasteiger partial charge on any atom is 0.408 e. The first-order valence-electron chi connectivity index (χ1n) is 7.97. The molecule has 4 nitrogen and oxygen atoms in total. The summed E-state index contributed by atoms with van der Waals surface area (Å²) in [7, 11) is 0. The normalized spacial score (nSPS) is 16.4. The third-order valence-corrected chi connectivity index (χ3v) is 4.09. The molecule has 0 heterocycles. The second-order valence-corrected chi connectivity index (χ2v) is 7.68. The summed E-state index contributed by atoms with van der Waals surface area (Å²) < 4.78 is 5.33. The first kappa shape index (κ1) is 17.9. The van der Waals surface area contributed by atoms with Crippen molar-refractivity contribution in [1.29, 1.82) is 0 Å². The zero-order valence-electron chi connectivity index (χ0n) is 14.3. The molecule has 1 aliphatic carbocycles. The minimum Gasteiger partial charge on any atom is -0.444 e.